The molecule has 158 valence electrons. The fourth-order valence-corrected chi connectivity index (χ4v) is 6.17. The molecule has 1 spiro atoms. The molecule has 2 saturated heterocycles. The Kier molecular flexibility index (Phi) is 5.28. The number of rotatable bonds is 3. The molecule has 1 saturated carbocycles. The van der Waals surface area contributed by atoms with Crippen LogP contribution in [0.5, 0.6) is 0 Å². The van der Waals surface area contributed by atoms with Crippen LogP contribution in [0.3, 0.4) is 0 Å². The van der Waals surface area contributed by atoms with E-state index in [4.69, 9.17) is 0 Å². The first-order valence-electron chi connectivity index (χ1n) is 11.6. The minimum atomic E-state index is -0.384. The number of hydrogen-bond acceptors (Lipinski definition) is 3. The Morgan fingerprint density at radius 3 is 2.40 bits per heavy atom. The number of amides is 1. The lowest BCUT2D eigenvalue weighted by molar-refractivity contribution is -0.125. The van der Waals surface area contributed by atoms with Crippen LogP contribution in [0, 0.1) is 6.92 Å². The summed E-state index contributed by atoms with van der Waals surface area (Å²) in [7, 11) is 0. The van der Waals surface area contributed by atoms with Crippen molar-refractivity contribution in [3.63, 3.8) is 0 Å². The monoisotopic (exact) mass is 403 g/mol. The lowest BCUT2D eigenvalue weighted by Crippen LogP contribution is -2.58. The largest absolute Gasteiger partial charge is 0.339 e. The highest BCUT2D eigenvalue weighted by Gasteiger charge is 2.51. The molecule has 2 aromatic carbocycles. The van der Waals surface area contributed by atoms with Gasteiger partial charge in [0.15, 0.2) is 0 Å². The van der Waals surface area contributed by atoms with Gasteiger partial charge in [-0.05, 0) is 61.8 Å². The Labute approximate surface area is 180 Å². The van der Waals surface area contributed by atoms with Crippen molar-refractivity contribution in [2.24, 2.45) is 0 Å². The average Bonchev–Trinajstić information content (AvgIpc) is 3.11. The van der Waals surface area contributed by atoms with Gasteiger partial charge in [-0.2, -0.15) is 0 Å². The fourth-order valence-electron chi connectivity index (χ4n) is 6.17. The van der Waals surface area contributed by atoms with E-state index in [-0.39, 0.29) is 11.4 Å². The van der Waals surface area contributed by atoms with E-state index in [0.717, 1.165) is 31.6 Å². The van der Waals surface area contributed by atoms with Crippen LogP contribution < -0.4 is 10.2 Å². The summed E-state index contributed by atoms with van der Waals surface area (Å²) in [6, 6.07) is 20.0. The molecule has 2 atom stereocenters. The van der Waals surface area contributed by atoms with Crippen LogP contribution in [0.1, 0.15) is 55.6 Å². The highest BCUT2D eigenvalue weighted by atomic mass is 16.2. The van der Waals surface area contributed by atoms with Gasteiger partial charge in [0, 0.05) is 24.8 Å². The van der Waals surface area contributed by atoms with E-state index in [1.54, 1.807) is 0 Å². The van der Waals surface area contributed by atoms with Gasteiger partial charge >= 0.3 is 0 Å². The van der Waals surface area contributed by atoms with E-state index in [1.807, 2.05) is 6.07 Å². The summed E-state index contributed by atoms with van der Waals surface area (Å²) in [6.07, 6.45) is 7.03. The zero-order chi connectivity index (χ0) is 20.6. The standard InChI is InChI=1S/C26H33N3O/c1-20-9-5-6-12-22(20)23-13-7-8-14-24(23)28-17-15-26(16-18-28)25(30)27-19-29(26)21-10-3-2-4-11-21/h2-6,9-12,23-24H,7-8,13-19H2,1H3,(H,27,30)/t23-,24-/m0/s1. The fraction of sp³-hybridized carbons (Fsp3) is 0.500. The molecule has 4 nitrogen and oxygen atoms in total. The number of piperidine rings is 1. The number of nitrogens with zero attached hydrogens (tertiary/aromatic N) is 2. The molecule has 2 aromatic rings. The van der Waals surface area contributed by atoms with Gasteiger partial charge in [-0.15, -0.1) is 0 Å². The number of likely N-dealkylation sites (tertiary alicyclic amines) is 1. The maximum Gasteiger partial charge on any atom is 0.247 e. The van der Waals surface area contributed by atoms with Crippen molar-refractivity contribution >= 4 is 11.6 Å². The molecule has 4 heteroatoms. The summed E-state index contributed by atoms with van der Waals surface area (Å²) in [5, 5.41) is 3.13. The molecule has 5 rings (SSSR count). The van der Waals surface area contributed by atoms with Gasteiger partial charge in [0.25, 0.3) is 0 Å². The van der Waals surface area contributed by atoms with Crippen LogP contribution in [-0.4, -0.2) is 42.1 Å². The molecule has 2 aliphatic heterocycles. The number of para-hydroxylation sites is 1. The van der Waals surface area contributed by atoms with E-state index in [0.29, 0.717) is 18.6 Å². The molecule has 0 unspecified atom stereocenters. The van der Waals surface area contributed by atoms with E-state index < -0.39 is 0 Å². The molecule has 1 amide bonds. The summed E-state index contributed by atoms with van der Waals surface area (Å²) in [6.45, 7) is 4.89. The Hall–Kier alpha value is -2.33. The summed E-state index contributed by atoms with van der Waals surface area (Å²) in [5.74, 6) is 0.835. The molecule has 0 bridgehead atoms. The number of benzene rings is 2. The SMILES string of the molecule is Cc1ccccc1[C@@H]1CCCC[C@@H]1N1CCC2(CC1)C(=O)NCN2c1ccccc1. The first kappa shape index (κ1) is 19.6. The Morgan fingerprint density at radius 1 is 0.933 bits per heavy atom. The second-order valence-corrected chi connectivity index (χ2v) is 9.31. The number of carbonyl (C=O) groups excluding carboxylic acids is 1. The Balaban J connectivity index is 1.35. The normalized spacial score (nSPS) is 26.7. The van der Waals surface area contributed by atoms with Gasteiger partial charge < -0.3 is 10.2 Å². The number of nitrogens with one attached hydrogen (secondary N) is 1. The predicted molar refractivity (Wildman–Crippen MR) is 122 cm³/mol. The molecule has 1 N–H and O–H groups in total. The lowest BCUT2D eigenvalue weighted by Gasteiger charge is -2.48. The zero-order valence-electron chi connectivity index (χ0n) is 18.0. The number of aryl methyl sites for hydroxylation is 1. The van der Waals surface area contributed by atoms with E-state index in [9.17, 15) is 4.79 Å². The van der Waals surface area contributed by atoms with E-state index in [1.165, 1.54) is 36.8 Å². The third kappa shape index (κ3) is 3.31. The van der Waals surface area contributed by atoms with Crippen molar-refractivity contribution in [3.8, 4) is 0 Å². The topological polar surface area (TPSA) is 35.6 Å². The summed E-state index contributed by atoms with van der Waals surface area (Å²) >= 11 is 0. The molecular formula is C26H33N3O. The van der Waals surface area contributed by atoms with Gasteiger partial charge in [-0.1, -0.05) is 55.3 Å². The lowest BCUT2D eigenvalue weighted by atomic mass is 9.76. The second kappa shape index (κ2) is 8.07. The van der Waals surface area contributed by atoms with Gasteiger partial charge in [0.1, 0.15) is 5.54 Å². The number of carbonyl (C=O) groups is 1. The second-order valence-electron chi connectivity index (χ2n) is 9.31. The Bertz CT molecular complexity index is 888. The minimum Gasteiger partial charge on any atom is -0.339 e. The maximum atomic E-state index is 13.0. The zero-order valence-corrected chi connectivity index (χ0v) is 18.0. The van der Waals surface area contributed by atoms with E-state index >= 15 is 0 Å². The summed E-state index contributed by atoms with van der Waals surface area (Å²) in [4.78, 5) is 18.0. The average molecular weight is 404 g/mol. The summed E-state index contributed by atoms with van der Waals surface area (Å²) < 4.78 is 0. The van der Waals surface area contributed by atoms with Crippen molar-refractivity contribution in [3.05, 3.63) is 65.7 Å². The highest BCUT2D eigenvalue weighted by Crippen LogP contribution is 2.42. The van der Waals surface area contributed by atoms with Gasteiger partial charge in [0.2, 0.25) is 5.91 Å². The van der Waals surface area contributed by atoms with Crippen molar-refractivity contribution < 1.29 is 4.79 Å². The minimum absolute atomic E-state index is 0.213. The van der Waals surface area contributed by atoms with Crippen molar-refractivity contribution in [1.82, 2.24) is 10.2 Å². The third-order valence-electron chi connectivity index (χ3n) is 7.82. The third-order valence-corrected chi connectivity index (χ3v) is 7.82. The molecule has 0 radical (unpaired) electrons. The number of hydrogen-bond donors (Lipinski definition) is 1. The van der Waals surface area contributed by atoms with Crippen LogP contribution in [0.15, 0.2) is 54.6 Å². The molecule has 1 aliphatic carbocycles. The van der Waals surface area contributed by atoms with Crippen LogP contribution >= 0.6 is 0 Å². The quantitative estimate of drug-likeness (QED) is 0.822. The van der Waals surface area contributed by atoms with E-state index in [2.05, 4.69) is 70.6 Å². The molecule has 3 aliphatic rings. The Morgan fingerprint density at radius 2 is 1.63 bits per heavy atom. The molecule has 30 heavy (non-hydrogen) atoms. The van der Waals surface area contributed by atoms with Crippen molar-refractivity contribution in [1.29, 1.82) is 0 Å². The van der Waals surface area contributed by atoms with Crippen molar-refractivity contribution in [2.75, 3.05) is 24.7 Å². The first-order valence-corrected chi connectivity index (χ1v) is 11.6. The molecule has 0 aromatic heterocycles. The van der Waals surface area contributed by atoms with Crippen LogP contribution in [0.2, 0.25) is 0 Å². The smallest absolute Gasteiger partial charge is 0.247 e. The first-order chi connectivity index (χ1) is 14.7. The molecule has 3 fully saturated rings. The van der Waals surface area contributed by atoms with Crippen LogP contribution in [0.4, 0.5) is 5.69 Å². The number of anilines is 1. The van der Waals surface area contributed by atoms with Crippen molar-refractivity contribution in [2.45, 2.75) is 62.9 Å². The van der Waals surface area contributed by atoms with Gasteiger partial charge in [-0.3, -0.25) is 9.69 Å². The molecular weight excluding hydrogens is 370 g/mol. The van der Waals surface area contributed by atoms with Gasteiger partial charge in [0.05, 0.1) is 6.67 Å². The summed E-state index contributed by atoms with van der Waals surface area (Å²) in [5.41, 5.74) is 3.73. The van der Waals surface area contributed by atoms with Crippen LogP contribution in [-0.2, 0) is 4.79 Å². The maximum absolute atomic E-state index is 13.0. The predicted octanol–water partition coefficient (Wildman–Crippen LogP) is 4.45. The van der Waals surface area contributed by atoms with Crippen LogP contribution in [0.25, 0.3) is 0 Å². The highest BCUT2D eigenvalue weighted by molar-refractivity contribution is 5.93. The molecule has 2 heterocycles. The van der Waals surface area contributed by atoms with Gasteiger partial charge in [-0.25, -0.2) is 0 Å².